The molecule has 1 aromatic heterocycles. The zero-order valence-electron chi connectivity index (χ0n) is 20.4. The summed E-state index contributed by atoms with van der Waals surface area (Å²) in [4.78, 5) is 23.1. The fourth-order valence-corrected chi connectivity index (χ4v) is 4.95. The number of rotatable bonds is 10. The number of aromatic nitrogens is 2. The van der Waals surface area contributed by atoms with Crippen LogP contribution in [0.5, 0.6) is 11.6 Å². The van der Waals surface area contributed by atoms with E-state index in [0.29, 0.717) is 17.7 Å². The van der Waals surface area contributed by atoms with Crippen molar-refractivity contribution in [1.29, 1.82) is 0 Å². The second-order valence-electron chi connectivity index (χ2n) is 8.84. The Kier molecular flexibility index (Phi) is 7.28. The minimum atomic E-state index is -4.23. The molecule has 11 nitrogen and oxygen atoms in total. The predicted octanol–water partition coefficient (Wildman–Crippen LogP) is 3.99. The number of nitro groups is 1. The summed E-state index contributed by atoms with van der Waals surface area (Å²) in [6.07, 6.45) is 2.21. The number of ether oxygens (including phenoxy) is 1. The molecule has 37 heavy (non-hydrogen) atoms. The fraction of sp³-hybridized carbons (Fsp3) is 0.333. The van der Waals surface area contributed by atoms with Crippen molar-refractivity contribution in [3.8, 4) is 17.3 Å². The van der Waals surface area contributed by atoms with Gasteiger partial charge in [0.05, 0.1) is 10.6 Å². The summed E-state index contributed by atoms with van der Waals surface area (Å²) in [5, 5.41) is 18.6. The Balaban J connectivity index is 1.84. The first kappa shape index (κ1) is 26.2. The average molecular weight is 532 g/mol. The van der Waals surface area contributed by atoms with Crippen LogP contribution in [0.15, 0.2) is 47.4 Å². The summed E-state index contributed by atoms with van der Waals surface area (Å²) in [6, 6.07) is 8.09. The molecule has 0 spiro atoms. The number of sulfonamides is 1. The molecule has 0 aliphatic heterocycles. The number of carbonyl (C=O) groups is 1. The van der Waals surface area contributed by atoms with Gasteiger partial charge in [-0.2, -0.15) is 9.78 Å². The van der Waals surface area contributed by atoms with Crippen LogP contribution < -0.4 is 14.8 Å². The van der Waals surface area contributed by atoms with E-state index < -0.39 is 43.3 Å². The van der Waals surface area contributed by atoms with Crippen LogP contribution in [0.3, 0.4) is 0 Å². The first-order valence-electron chi connectivity index (χ1n) is 11.6. The van der Waals surface area contributed by atoms with Crippen LogP contribution >= 0.6 is 0 Å². The number of non-ortho nitro benzene ring substituents is 1. The lowest BCUT2D eigenvalue weighted by molar-refractivity contribution is -0.385. The number of amides is 1. The van der Waals surface area contributed by atoms with Gasteiger partial charge in [0.2, 0.25) is 15.9 Å². The fourth-order valence-electron chi connectivity index (χ4n) is 3.48. The maximum atomic E-state index is 13.6. The average Bonchev–Trinajstić information content (AvgIpc) is 3.61. The number of halogens is 1. The van der Waals surface area contributed by atoms with Gasteiger partial charge in [0.15, 0.2) is 5.69 Å². The molecule has 2 N–H and O–H groups in total. The number of nitrogens with zero attached hydrogens (tertiary/aromatic N) is 3. The van der Waals surface area contributed by atoms with E-state index in [4.69, 9.17) is 4.74 Å². The zero-order chi connectivity index (χ0) is 26.9. The zero-order valence-corrected chi connectivity index (χ0v) is 21.2. The van der Waals surface area contributed by atoms with E-state index in [0.717, 1.165) is 25.0 Å². The van der Waals surface area contributed by atoms with Crippen LogP contribution in [0.4, 0.5) is 10.1 Å². The molecule has 4 rings (SSSR count). The largest absolute Gasteiger partial charge is 0.437 e. The molecule has 196 valence electrons. The summed E-state index contributed by atoms with van der Waals surface area (Å²) in [5.74, 6) is -1.12. The first-order chi connectivity index (χ1) is 17.5. The molecular weight excluding hydrogens is 505 g/mol. The Bertz CT molecular complexity index is 1450. The van der Waals surface area contributed by atoms with E-state index in [1.54, 1.807) is 20.8 Å². The quantitative estimate of drug-likeness (QED) is 0.297. The number of benzene rings is 2. The molecule has 1 atom stereocenters. The van der Waals surface area contributed by atoms with Crippen molar-refractivity contribution in [2.45, 2.75) is 57.0 Å². The smallest absolute Gasteiger partial charge is 0.272 e. The maximum absolute atomic E-state index is 13.6. The third kappa shape index (κ3) is 5.78. The van der Waals surface area contributed by atoms with E-state index in [9.17, 15) is 27.7 Å². The number of carbonyl (C=O) groups excluding carboxylic acids is 1. The molecule has 0 bridgehead atoms. The van der Waals surface area contributed by atoms with Crippen molar-refractivity contribution in [3.63, 3.8) is 0 Å². The lowest BCUT2D eigenvalue weighted by Gasteiger charge is -2.16. The van der Waals surface area contributed by atoms with Gasteiger partial charge in [-0.3, -0.25) is 14.9 Å². The Labute approximate surface area is 212 Å². The van der Waals surface area contributed by atoms with Gasteiger partial charge < -0.3 is 10.1 Å². The van der Waals surface area contributed by atoms with Crippen LogP contribution in [0.25, 0.3) is 5.69 Å². The first-order valence-corrected chi connectivity index (χ1v) is 13.1. The number of hydrogen-bond acceptors (Lipinski definition) is 7. The second kappa shape index (κ2) is 10.3. The van der Waals surface area contributed by atoms with Gasteiger partial charge in [-0.25, -0.2) is 17.5 Å². The third-order valence-electron chi connectivity index (χ3n) is 5.87. The van der Waals surface area contributed by atoms with Gasteiger partial charge >= 0.3 is 0 Å². The van der Waals surface area contributed by atoms with Crippen LogP contribution in [0.1, 0.15) is 49.2 Å². The molecule has 1 fully saturated rings. The number of hydrogen-bond donors (Lipinski definition) is 2. The maximum Gasteiger partial charge on any atom is 0.272 e. The van der Waals surface area contributed by atoms with Gasteiger partial charge in [-0.15, -0.1) is 0 Å². The van der Waals surface area contributed by atoms with Crippen molar-refractivity contribution >= 4 is 21.6 Å². The molecule has 1 heterocycles. The lowest BCUT2D eigenvalue weighted by atomic mass is 10.2. The molecule has 1 saturated carbocycles. The Morgan fingerprint density at radius 2 is 1.95 bits per heavy atom. The van der Waals surface area contributed by atoms with Gasteiger partial charge in [0.25, 0.3) is 11.6 Å². The minimum Gasteiger partial charge on any atom is -0.437 e. The van der Waals surface area contributed by atoms with Crippen molar-refractivity contribution in [1.82, 2.24) is 19.8 Å². The molecule has 2 aromatic carbocycles. The van der Waals surface area contributed by atoms with E-state index >= 15 is 0 Å². The molecule has 0 radical (unpaired) electrons. The monoisotopic (exact) mass is 531 g/mol. The van der Waals surface area contributed by atoms with Crippen LogP contribution in [-0.4, -0.2) is 41.1 Å². The molecule has 1 unspecified atom stereocenters. The third-order valence-corrected chi connectivity index (χ3v) is 7.48. The summed E-state index contributed by atoms with van der Waals surface area (Å²) < 4.78 is 49.7. The van der Waals surface area contributed by atoms with Crippen molar-refractivity contribution in [3.05, 3.63) is 69.7 Å². The van der Waals surface area contributed by atoms with E-state index in [1.807, 2.05) is 0 Å². The van der Waals surface area contributed by atoms with E-state index in [2.05, 4.69) is 15.1 Å². The molecule has 1 aliphatic carbocycles. The molecule has 1 amide bonds. The van der Waals surface area contributed by atoms with Crippen LogP contribution in [-0.2, 0) is 10.0 Å². The molecule has 0 saturated heterocycles. The van der Waals surface area contributed by atoms with E-state index in [1.165, 1.54) is 35.0 Å². The van der Waals surface area contributed by atoms with Crippen molar-refractivity contribution < 1.29 is 27.3 Å². The van der Waals surface area contributed by atoms with E-state index in [-0.39, 0.29) is 23.4 Å². The van der Waals surface area contributed by atoms with Gasteiger partial charge in [0.1, 0.15) is 16.5 Å². The molecule has 1 aliphatic rings. The van der Waals surface area contributed by atoms with Crippen molar-refractivity contribution in [2.24, 2.45) is 0 Å². The van der Waals surface area contributed by atoms with Crippen LogP contribution in [0, 0.1) is 22.9 Å². The normalized spacial score (nSPS) is 14.3. The standard InChI is InChI=1S/C24H26FN5O6S/c1-4-14(2)28-37(34,35)21-13-19(30(32)33)11-12-20(21)36-24-15(3)22(23(31)26-17-7-8-17)27-29(24)18-9-5-16(25)6-10-18/h5-6,9-14,17,28H,4,7-8H2,1-3H3,(H,26,31). The summed E-state index contributed by atoms with van der Waals surface area (Å²) in [5.41, 5.74) is 0.272. The number of nitrogens with one attached hydrogen (secondary N) is 2. The predicted molar refractivity (Wildman–Crippen MR) is 132 cm³/mol. The summed E-state index contributed by atoms with van der Waals surface area (Å²) in [6.45, 7) is 5.03. The highest BCUT2D eigenvalue weighted by Gasteiger charge is 2.30. The Morgan fingerprint density at radius 1 is 1.27 bits per heavy atom. The minimum absolute atomic E-state index is 0.00129. The highest BCUT2D eigenvalue weighted by molar-refractivity contribution is 7.89. The van der Waals surface area contributed by atoms with Gasteiger partial charge in [-0.1, -0.05) is 6.92 Å². The lowest BCUT2D eigenvalue weighted by Crippen LogP contribution is -2.32. The second-order valence-corrected chi connectivity index (χ2v) is 10.5. The Morgan fingerprint density at radius 3 is 2.54 bits per heavy atom. The highest BCUT2D eigenvalue weighted by atomic mass is 32.2. The topological polar surface area (TPSA) is 145 Å². The van der Waals surface area contributed by atoms with Gasteiger partial charge in [-0.05, 0) is 63.4 Å². The van der Waals surface area contributed by atoms with Crippen molar-refractivity contribution in [2.75, 3.05) is 0 Å². The molecule has 13 heteroatoms. The van der Waals surface area contributed by atoms with Crippen LogP contribution in [0.2, 0.25) is 0 Å². The highest BCUT2D eigenvalue weighted by Crippen LogP contribution is 2.36. The Hall–Kier alpha value is -3.84. The molecular formula is C24H26FN5O6S. The van der Waals surface area contributed by atoms with Gasteiger partial charge in [0, 0.05) is 29.8 Å². The summed E-state index contributed by atoms with van der Waals surface area (Å²) in [7, 11) is -4.23. The SMILES string of the molecule is CCC(C)NS(=O)(=O)c1cc([N+](=O)[O-])ccc1Oc1c(C)c(C(=O)NC2CC2)nn1-c1ccc(F)cc1. The number of nitro benzene ring substituents is 1. The summed E-state index contributed by atoms with van der Waals surface area (Å²) >= 11 is 0. The molecule has 3 aromatic rings.